The highest BCUT2D eigenvalue weighted by Crippen LogP contribution is 2.19. The fourth-order valence-electron chi connectivity index (χ4n) is 2.52. The lowest BCUT2D eigenvalue weighted by molar-refractivity contribution is 0.0981. The molecule has 0 atom stereocenters. The SMILES string of the molecule is CCOCCNC(=NC)NCC(C)(C)N1CCCCC1. The van der Waals surface area contributed by atoms with Gasteiger partial charge in [-0.05, 0) is 46.7 Å². The summed E-state index contributed by atoms with van der Waals surface area (Å²) in [7, 11) is 1.81. The maximum atomic E-state index is 5.32. The summed E-state index contributed by atoms with van der Waals surface area (Å²) in [5, 5.41) is 6.70. The first-order valence-electron chi connectivity index (χ1n) is 7.87. The summed E-state index contributed by atoms with van der Waals surface area (Å²) in [6.45, 7) is 12.2. The Balaban J connectivity index is 2.30. The molecular weight excluding hydrogens is 252 g/mol. The Kier molecular flexibility index (Phi) is 7.92. The van der Waals surface area contributed by atoms with Gasteiger partial charge in [0, 0.05) is 32.3 Å². The van der Waals surface area contributed by atoms with Gasteiger partial charge in [0.1, 0.15) is 0 Å². The van der Waals surface area contributed by atoms with Crippen molar-refractivity contribution < 1.29 is 4.74 Å². The van der Waals surface area contributed by atoms with Gasteiger partial charge in [-0.15, -0.1) is 0 Å². The molecule has 1 rings (SSSR count). The van der Waals surface area contributed by atoms with Gasteiger partial charge in [0.05, 0.1) is 6.61 Å². The van der Waals surface area contributed by atoms with Gasteiger partial charge >= 0.3 is 0 Å². The minimum absolute atomic E-state index is 0.165. The second-order valence-corrected chi connectivity index (χ2v) is 5.91. The predicted molar refractivity (Wildman–Crippen MR) is 85.4 cm³/mol. The minimum atomic E-state index is 0.165. The third-order valence-corrected chi connectivity index (χ3v) is 3.87. The Morgan fingerprint density at radius 3 is 2.50 bits per heavy atom. The third kappa shape index (κ3) is 6.09. The molecule has 5 heteroatoms. The third-order valence-electron chi connectivity index (χ3n) is 3.87. The van der Waals surface area contributed by atoms with Crippen molar-refractivity contribution in [1.82, 2.24) is 15.5 Å². The van der Waals surface area contributed by atoms with Crippen molar-refractivity contribution in [1.29, 1.82) is 0 Å². The Morgan fingerprint density at radius 1 is 1.20 bits per heavy atom. The van der Waals surface area contributed by atoms with Crippen LogP contribution in [0.1, 0.15) is 40.0 Å². The van der Waals surface area contributed by atoms with Crippen LogP contribution in [0.15, 0.2) is 4.99 Å². The molecule has 0 aromatic heterocycles. The highest BCUT2D eigenvalue weighted by atomic mass is 16.5. The van der Waals surface area contributed by atoms with Gasteiger partial charge in [-0.2, -0.15) is 0 Å². The molecule has 0 unspecified atom stereocenters. The number of rotatable bonds is 7. The van der Waals surface area contributed by atoms with Crippen LogP contribution in [0.2, 0.25) is 0 Å². The van der Waals surface area contributed by atoms with Crippen LogP contribution >= 0.6 is 0 Å². The van der Waals surface area contributed by atoms with Crippen LogP contribution in [0.25, 0.3) is 0 Å². The van der Waals surface area contributed by atoms with Crippen molar-refractivity contribution in [2.75, 3.05) is 46.4 Å². The summed E-state index contributed by atoms with van der Waals surface area (Å²) in [6.07, 6.45) is 4.02. The fraction of sp³-hybridized carbons (Fsp3) is 0.933. The van der Waals surface area contributed by atoms with Crippen LogP contribution in [-0.4, -0.2) is 62.8 Å². The van der Waals surface area contributed by atoms with E-state index in [4.69, 9.17) is 4.74 Å². The summed E-state index contributed by atoms with van der Waals surface area (Å²) in [5.74, 6) is 0.856. The average Bonchev–Trinajstić information content (AvgIpc) is 2.47. The molecule has 1 aliphatic heterocycles. The average molecular weight is 284 g/mol. The van der Waals surface area contributed by atoms with E-state index in [-0.39, 0.29) is 5.54 Å². The van der Waals surface area contributed by atoms with E-state index in [0.717, 1.165) is 25.7 Å². The molecule has 118 valence electrons. The molecule has 1 saturated heterocycles. The Morgan fingerprint density at radius 2 is 1.90 bits per heavy atom. The molecule has 0 spiro atoms. The zero-order valence-corrected chi connectivity index (χ0v) is 13.7. The molecule has 0 radical (unpaired) electrons. The standard InChI is InChI=1S/C15H32N4O/c1-5-20-12-9-17-14(16-4)18-13-15(2,3)19-10-7-6-8-11-19/h5-13H2,1-4H3,(H2,16,17,18). The lowest BCUT2D eigenvalue weighted by Gasteiger charge is -2.41. The summed E-state index contributed by atoms with van der Waals surface area (Å²) >= 11 is 0. The summed E-state index contributed by atoms with van der Waals surface area (Å²) < 4.78 is 5.32. The van der Waals surface area contributed by atoms with Crippen molar-refractivity contribution in [3.63, 3.8) is 0 Å². The molecular formula is C15H32N4O. The number of ether oxygens (including phenoxy) is 1. The highest BCUT2D eigenvalue weighted by molar-refractivity contribution is 5.79. The van der Waals surface area contributed by atoms with E-state index in [1.54, 1.807) is 0 Å². The van der Waals surface area contributed by atoms with E-state index >= 15 is 0 Å². The smallest absolute Gasteiger partial charge is 0.191 e. The number of nitrogens with zero attached hydrogens (tertiary/aromatic N) is 2. The van der Waals surface area contributed by atoms with Crippen molar-refractivity contribution in [3.05, 3.63) is 0 Å². The monoisotopic (exact) mass is 284 g/mol. The lowest BCUT2D eigenvalue weighted by atomic mass is 9.98. The van der Waals surface area contributed by atoms with Crippen LogP contribution in [0.5, 0.6) is 0 Å². The van der Waals surface area contributed by atoms with Gasteiger partial charge in [-0.25, -0.2) is 0 Å². The van der Waals surface area contributed by atoms with Gasteiger partial charge in [-0.1, -0.05) is 6.42 Å². The topological polar surface area (TPSA) is 48.9 Å². The molecule has 1 fully saturated rings. The van der Waals surface area contributed by atoms with Gasteiger partial charge in [0.2, 0.25) is 0 Å². The largest absolute Gasteiger partial charge is 0.380 e. The van der Waals surface area contributed by atoms with Crippen molar-refractivity contribution >= 4 is 5.96 Å². The van der Waals surface area contributed by atoms with Crippen LogP contribution in [-0.2, 0) is 4.74 Å². The van der Waals surface area contributed by atoms with Crippen LogP contribution in [0.3, 0.4) is 0 Å². The fourth-order valence-corrected chi connectivity index (χ4v) is 2.52. The van der Waals surface area contributed by atoms with E-state index in [2.05, 4.69) is 34.4 Å². The van der Waals surface area contributed by atoms with Crippen molar-refractivity contribution in [2.24, 2.45) is 4.99 Å². The van der Waals surface area contributed by atoms with E-state index in [9.17, 15) is 0 Å². The van der Waals surface area contributed by atoms with Gasteiger partial charge in [-0.3, -0.25) is 9.89 Å². The highest BCUT2D eigenvalue weighted by Gasteiger charge is 2.27. The normalized spacial score (nSPS) is 18.1. The lowest BCUT2D eigenvalue weighted by Crippen LogP contribution is -2.55. The number of piperidine rings is 1. The second kappa shape index (κ2) is 9.19. The minimum Gasteiger partial charge on any atom is -0.380 e. The number of guanidine groups is 1. The molecule has 0 aliphatic carbocycles. The maximum Gasteiger partial charge on any atom is 0.191 e. The quantitative estimate of drug-likeness (QED) is 0.422. The van der Waals surface area contributed by atoms with E-state index in [0.29, 0.717) is 6.61 Å². The van der Waals surface area contributed by atoms with Crippen LogP contribution < -0.4 is 10.6 Å². The number of hydrogen-bond donors (Lipinski definition) is 2. The molecule has 0 amide bonds. The summed E-state index contributed by atoms with van der Waals surface area (Å²) in [4.78, 5) is 6.83. The van der Waals surface area contributed by atoms with E-state index < -0.39 is 0 Å². The van der Waals surface area contributed by atoms with E-state index in [1.807, 2.05) is 14.0 Å². The number of aliphatic imine (C=N–C) groups is 1. The summed E-state index contributed by atoms with van der Waals surface area (Å²) in [6, 6.07) is 0. The zero-order chi connectivity index (χ0) is 14.8. The van der Waals surface area contributed by atoms with Gasteiger partial charge < -0.3 is 15.4 Å². The predicted octanol–water partition coefficient (Wildman–Crippen LogP) is 1.45. The van der Waals surface area contributed by atoms with Gasteiger partial charge in [0.15, 0.2) is 5.96 Å². The Bertz CT molecular complexity index is 286. The number of likely N-dealkylation sites (tertiary alicyclic amines) is 1. The summed E-state index contributed by atoms with van der Waals surface area (Å²) in [5.41, 5.74) is 0.165. The molecule has 0 aromatic carbocycles. The molecule has 0 aromatic rings. The Hall–Kier alpha value is -0.810. The number of nitrogens with one attached hydrogen (secondary N) is 2. The molecule has 1 heterocycles. The van der Waals surface area contributed by atoms with Crippen molar-refractivity contribution in [3.8, 4) is 0 Å². The Labute approximate surface area is 124 Å². The van der Waals surface area contributed by atoms with Crippen LogP contribution in [0.4, 0.5) is 0 Å². The van der Waals surface area contributed by atoms with Crippen LogP contribution in [0, 0.1) is 0 Å². The molecule has 0 saturated carbocycles. The molecule has 1 aliphatic rings. The van der Waals surface area contributed by atoms with Crippen molar-refractivity contribution in [2.45, 2.75) is 45.6 Å². The number of hydrogen-bond acceptors (Lipinski definition) is 3. The molecule has 0 bridgehead atoms. The molecule has 2 N–H and O–H groups in total. The maximum absolute atomic E-state index is 5.32. The molecule has 20 heavy (non-hydrogen) atoms. The second-order valence-electron chi connectivity index (χ2n) is 5.91. The first-order valence-corrected chi connectivity index (χ1v) is 7.87. The van der Waals surface area contributed by atoms with Gasteiger partial charge in [0.25, 0.3) is 0 Å². The first-order chi connectivity index (χ1) is 9.60. The van der Waals surface area contributed by atoms with E-state index in [1.165, 1.54) is 32.4 Å². The molecule has 5 nitrogen and oxygen atoms in total. The zero-order valence-electron chi connectivity index (χ0n) is 13.7. The first kappa shape index (κ1) is 17.2.